The second-order valence-corrected chi connectivity index (χ2v) is 4.12. The Morgan fingerprint density at radius 3 is 2.88 bits per heavy atom. The van der Waals surface area contributed by atoms with Crippen molar-refractivity contribution < 1.29 is 0 Å². The summed E-state index contributed by atoms with van der Waals surface area (Å²) in [4.78, 5) is 0. The Morgan fingerprint density at radius 1 is 1.31 bits per heavy atom. The molecule has 0 saturated heterocycles. The van der Waals surface area contributed by atoms with Crippen molar-refractivity contribution in [2.24, 2.45) is 0 Å². The van der Waals surface area contributed by atoms with Gasteiger partial charge in [-0.1, -0.05) is 47.6 Å². The highest BCUT2D eigenvalue weighted by molar-refractivity contribution is 7.99. The Kier molecular flexibility index (Phi) is 3.96. The van der Waals surface area contributed by atoms with E-state index in [0.717, 1.165) is 16.6 Å². The van der Waals surface area contributed by atoms with Gasteiger partial charge in [0.05, 0.1) is 5.69 Å². The summed E-state index contributed by atoms with van der Waals surface area (Å²) in [6, 6.07) is 9.76. The number of hydrogen-bond acceptors (Lipinski definition) is 4. The fraction of sp³-hybridized carbons (Fsp3) is 0.100. The topological polar surface area (TPSA) is 43.6 Å². The largest absolute Gasteiger partial charge is 0.214 e. The molecule has 1 heterocycles. The Balaban J connectivity index is 2.19. The molecule has 1 aromatic heterocycles. The summed E-state index contributed by atoms with van der Waals surface area (Å²) in [5, 5.41) is 12.3. The first kappa shape index (κ1) is 11.2. The molecule has 0 spiro atoms. The third-order valence-electron chi connectivity index (χ3n) is 1.84. The smallest absolute Gasteiger partial charge is 0.188 e. The van der Waals surface area contributed by atoms with Crippen LogP contribution in [0.3, 0.4) is 0 Å². The van der Waals surface area contributed by atoms with Gasteiger partial charge in [-0.3, -0.25) is 0 Å². The highest BCUT2D eigenvalue weighted by Gasteiger charge is 2.06. The maximum absolute atomic E-state index is 5.45. The highest BCUT2D eigenvalue weighted by atomic mass is 35.5. The van der Waals surface area contributed by atoms with Crippen LogP contribution >= 0.6 is 23.4 Å². The lowest BCUT2D eigenvalue weighted by Crippen LogP contribution is -1.98. The van der Waals surface area contributed by atoms with Gasteiger partial charge in [-0.15, -0.1) is 5.10 Å². The van der Waals surface area contributed by atoms with Crippen molar-refractivity contribution in [1.29, 1.82) is 0 Å². The van der Waals surface area contributed by atoms with Crippen molar-refractivity contribution in [2.45, 2.75) is 5.16 Å². The molecule has 82 valence electrons. The molecule has 0 bridgehead atoms. The standard InChI is InChI=1S/C10H9ClN4S/c11-7-4-8-16-10-12-13-14-15(10)9-5-2-1-3-6-9/h1-7H,8H2. The molecule has 0 saturated carbocycles. The molecule has 4 nitrogen and oxygen atoms in total. The molecule has 0 unspecified atom stereocenters. The van der Waals surface area contributed by atoms with E-state index in [4.69, 9.17) is 11.6 Å². The van der Waals surface area contributed by atoms with Gasteiger partial charge < -0.3 is 0 Å². The zero-order chi connectivity index (χ0) is 11.2. The van der Waals surface area contributed by atoms with Crippen LogP contribution in [0.15, 0.2) is 47.1 Å². The molecular formula is C10H9ClN4S. The summed E-state index contributed by atoms with van der Waals surface area (Å²) in [7, 11) is 0. The molecule has 0 amide bonds. The third-order valence-corrected chi connectivity index (χ3v) is 2.89. The minimum absolute atomic E-state index is 0.747. The van der Waals surface area contributed by atoms with Gasteiger partial charge >= 0.3 is 0 Å². The van der Waals surface area contributed by atoms with Crippen molar-refractivity contribution >= 4 is 23.4 Å². The molecule has 1 aromatic carbocycles. The van der Waals surface area contributed by atoms with Crippen LogP contribution in [0.2, 0.25) is 0 Å². The number of benzene rings is 1. The van der Waals surface area contributed by atoms with Crippen LogP contribution in [0.5, 0.6) is 0 Å². The molecule has 2 rings (SSSR count). The van der Waals surface area contributed by atoms with E-state index in [9.17, 15) is 0 Å². The molecule has 2 aromatic rings. The summed E-state index contributed by atoms with van der Waals surface area (Å²) in [6.07, 6.45) is 1.84. The van der Waals surface area contributed by atoms with Gasteiger partial charge in [0.1, 0.15) is 0 Å². The average molecular weight is 253 g/mol. The van der Waals surface area contributed by atoms with E-state index in [0.29, 0.717) is 0 Å². The van der Waals surface area contributed by atoms with E-state index in [1.54, 1.807) is 4.68 Å². The van der Waals surface area contributed by atoms with Crippen molar-refractivity contribution in [3.8, 4) is 5.69 Å². The first-order valence-electron chi connectivity index (χ1n) is 4.63. The number of tetrazole rings is 1. The summed E-state index contributed by atoms with van der Waals surface area (Å²) in [5.74, 6) is 0.747. The maximum atomic E-state index is 5.45. The second-order valence-electron chi connectivity index (χ2n) is 2.88. The van der Waals surface area contributed by atoms with Crippen molar-refractivity contribution in [3.63, 3.8) is 0 Å². The molecule has 0 aliphatic carbocycles. The summed E-state index contributed by atoms with van der Waals surface area (Å²) in [5.41, 5.74) is 2.44. The molecule has 0 aliphatic rings. The van der Waals surface area contributed by atoms with E-state index in [2.05, 4.69) is 15.5 Å². The monoisotopic (exact) mass is 252 g/mol. The van der Waals surface area contributed by atoms with E-state index in [-0.39, 0.29) is 0 Å². The highest BCUT2D eigenvalue weighted by Crippen LogP contribution is 2.17. The van der Waals surface area contributed by atoms with Crippen LogP contribution in [-0.2, 0) is 0 Å². The Morgan fingerprint density at radius 2 is 2.12 bits per heavy atom. The van der Waals surface area contributed by atoms with Crippen LogP contribution in [0, 0.1) is 0 Å². The van der Waals surface area contributed by atoms with E-state index < -0.39 is 0 Å². The van der Waals surface area contributed by atoms with Crippen molar-refractivity contribution in [2.75, 3.05) is 5.75 Å². The predicted octanol–water partition coefficient (Wildman–Crippen LogP) is 2.51. The summed E-state index contributed by atoms with van der Waals surface area (Å²) >= 11 is 6.97. The molecule has 0 aliphatic heterocycles. The first-order chi connectivity index (χ1) is 7.92. The Bertz CT molecular complexity index is 469. The zero-order valence-electron chi connectivity index (χ0n) is 8.32. The molecule has 0 N–H and O–H groups in total. The molecule has 6 heteroatoms. The third kappa shape index (κ3) is 2.62. The molecular weight excluding hydrogens is 244 g/mol. The Labute approximate surface area is 102 Å². The van der Waals surface area contributed by atoms with E-state index >= 15 is 0 Å². The molecule has 0 atom stereocenters. The number of aromatic nitrogens is 4. The van der Waals surface area contributed by atoms with Gasteiger partial charge in [-0.05, 0) is 22.6 Å². The van der Waals surface area contributed by atoms with Crippen LogP contribution in [0.1, 0.15) is 0 Å². The van der Waals surface area contributed by atoms with E-state index in [1.165, 1.54) is 17.3 Å². The van der Waals surface area contributed by atoms with Crippen LogP contribution in [-0.4, -0.2) is 26.0 Å². The lowest BCUT2D eigenvalue weighted by molar-refractivity contribution is 0.757. The zero-order valence-corrected chi connectivity index (χ0v) is 9.90. The van der Waals surface area contributed by atoms with Crippen molar-refractivity contribution in [3.05, 3.63) is 41.9 Å². The van der Waals surface area contributed by atoms with Crippen LogP contribution in [0.25, 0.3) is 5.69 Å². The van der Waals surface area contributed by atoms with Gasteiger partial charge in [0.25, 0.3) is 0 Å². The quantitative estimate of drug-likeness (QED) is 0.785. The minimum atomic E-state index is 0.747. The molecule has 0 fully saturated rings. The van der Waals surface area contributed by atoms with Gasteiger partial charge in [-0.2, -0.15) is 4.68 Å². The summed E-state index contributed by atoms with van der Waals surface area (Å²) < 4.78 is 1.70. The molecule has 0 radical (unpaired) electrons. The number of para-hydroxylation sites is 1. The van der Waals surface area contributed by atoms with Gasteiger partial charge in [0.15, 0.2) is 0 Å². The van der Waals surface area contributed by atoms with Crippen LogP contribution < -0.4 is 0 Å². The number of rotatable bonds is 4. The fourth-order valence-corrected chi connectivity index (χ4v) is 2.05. The molecule has 16 heavy (non-hydrogen) atoms. The average Bonchev–Trinajstić information content (AvgIpc) is 2.79. The first-order valence-corrected chi connectivity index (χ1v) is 6.06. The summed E-state index contributed by atoms with van der Waals surface area (Å²) in [6.45, 7) is 0. The predicted molar refractivity (Wildman–Crippen MR) is 64.9 cm³/mol. The number of thioether (sulfide) groups is 1. The van der Waals surface area contributed by atoms with E-state index in [1.807, 2.05) is 36.4 Å². The SMILES string of the molecule is ClC=CCSc1nnnn1-c1ccccc1. The number of nitrogens with zero attached hydrogens (tertiary/aromatic N) is 4. The van der Waals surface area contributed by atoms with Crippen LogP contribution in [0.4, 0.5) is 0 Å². The second kappa shape index (κ2) is 5.67. The minimum Gasteiger partial charge on any atom is -0.188 e. The Hall–Kier alpha value is -1.33. The lowest BCUT2D eigenvalue weighted by atomic mass is 10.3. The van der Waals surface area contributed by atoms with Gasteiger partial charge in [-0.25, -0.2) is 0 Å². The number of hydrogen-bond donors (Lipinski definition) is 0. The van der Waals surface area contributed by atoms with Gasteiger partial charge in [0.2, 0.25) is 5.16 Å². The maximum Gasteiger partial charge on any atom is 0.214 e. The number of halogens is 1. The normalized spacial score (nSPS) is 11.1. The fourth-order valence-electron chi connectivity index (χ4n) is 1.16. The van der Waals surface area contributed by atoms with Gasteiger partial charge in [0, 0.05) is 11.3 Å². The lowest BCUT2D eigenvalue weighted by Gasteiger charge is -2.01. The van der Waals surface area contributed by atoms with Crippen molar-refractivity contribution in [1.82, 2.24) is 20.2 Å².